The van der Waals surface area contributed by atoms with Crippen molar-refractivity contribution in [2.75, 3.05) is 193 Å². The third-order valence-electron chi connectivity index (χ3n) is 21.6. The first-order valence-electron chi connectivity index (χ1n) is 44.8. The second-order valence-electron chi connectivity index (χ2n) is 36.3. The van der Waals surface area contributed by atoms with E-state index in [0.29, 0.717) is 111 Å². The molecule has 1 aliphatic rings. The highest BCUT2D eigenvalue weighted by Crippen LogP contribution is 2.46. The van der Waals surface area contributed by atoms with Crippen LogP contribution in [0.25, 0.3) is 0 Å². The van der Waals surface area contributed by atoms with Gasteiger partial charge >= 0.3 is 30.9 Å². The molecule has 0 saturated carbocycles. The Balaban J connectivity index is 0.000000189. The van der Waals surface area contributed by atoms with Crippen LogP contribution >= 0.6 is 35.7 Å². The van der Waals surface area contributed by atoms with Crippen LogP contribution < -0.4 is 88.3 Å². The molecule has 0 unspecified atom stereocenters. The van der Waals surface area contributed by atoms with E-state index >= 15 is 0 Å². The number of aliphatic hydroxyl groups excluding tert-OH is 2. The van der Waals surface area contributed by atoms with E-state index in [2.05, 4.69) is 107 Å². The summed E-state index contributed by atoms with van der Waals surface area (Å²) in [5.41, 5.74) is 0.140. The number of ether oxygens (including phenoxy) is 2. The fraction of sp³-hybridized carbons (Fsp3) is 0.323. The van der Waals surface area contributed by atoms with E-state index in [1.54, 1.807) is 229 Å². The van der Waals surface area contributed by atoms with Gasteiger partial charge < -0.3 is 99.7 Å². The van der Waals surface area contributed by atoms with Gasteiger partial charge in [-0.25, -0.2) is 24.9 Å². The van der Waals surface area contributed by atoms with Crippen molar-refractivity contribution in [2.45, 2.75) is 64.0 Å². The SMILES string of the molecule is CC(C)(C)c1cc(Nc2nc(Nc3ccc(P(C)(C)=O)cc3)ncc2C(F)(F)F)n[nH]1.CN1CCN(c2nc(Nc3ccc(P(C)(C)=O)cc3)ncc2C(F)(F)F)CC1.COc1ccc(Nc2nc(Nc3ccc(P(C)(C)=O)cc3)ncc2C(F)(F)F)cc1OC.CP(C)(=O)c1ccc(Nc2ncc(C(F)(F)F)c(N(CCO)CCO)n2)cc1.Cc1cccc(Nc2nc(Nc3ccc(P(C)(C)=O)cc3)ncc2C(F)(F)F)c1. The lowest BCUT2D eigenvalue weighted by Crippen LogP contribution is -2.45. The Morgan fingerprint density at radius 3 is 0.973 bits per heavy atom. The zero-order valence-electron chi connectivity index (χ0n) is 83.1. The third kappa shape index (κ3) is 34.1. The summed E-state index contributed by atoms with van der Waals surface area (Å²) in [5.74, 6) is -0.765. The molecule has 0 aliphatic carbocycles. The van der Waals surface area contributed by atoms with Crippen LogP contribution in [0.5, 0.6) is 11.5 Å². The molecule has 6 aromatic heterocycles. The van der Waals surface area contributed by atoms with Gasteiger partial charge in [-0.05, 0) is 232 Å². The lowest BCUT2D eigenvalue weighted by molar-refractivity contribution is -0.138. The number of halogens is 15. The molecular formula is C96H111F15N23O9P5. The Hall–Kier alpha value is -13.3. The summed E-state index contributed by atoms with van der Waals surface area (Å²) in [5, 5.41) is 51.0. The minimum Gasteiger partial charge on any atom is -0.493 e. The number of piperazine rings is 1. The molecule has 1 aliphatic heterocycles. The van der Waals surface area contributed by atoms with Crippen LogP contribution in [0.1, 0.15) is 59.8 Å². The van der Waals surface area contributed by atoms with E-state index < -0.39 is 125 Å². The fourth-order valence-corrected chi connectivity index (χ4v) is 17.9. The van der Waals surface area contributed by atoms with Crippen molar-refractivity contribution >= 4 is 167 Å². The van der Waals surface area contributed by atoms with Crippen molar-refractivity contribution < 1.29 is 108 Å². The smallest absolute Gasteiger partial charge is 0.421 e. The number of anilines is 18. The van der Waals surface area contributed by atoms with Gasteiger partial charge in [0, 0.05) is 160 Å². The molecule has 0 amide bonds. The van der Waals surface area contributed by atoms with E-state index in [1.807, 2.05) is 40.8 Å². The number of hydrogen-bond donors (Lipinski definition) is 11. The number of nitrogens with zero attached hydrogens (tertiary/aromatic N) is 14. The molecule has 52 heteroatoms. The van der Waals surface area contributed by atoms with Crippen molar-refractivity contribution in [2.24, 2.45) is 0 Å². The van der Waals surface area contributed by atoms with E-state index in [4.69, 9.17) is 19.7 Å². The number of aliphatic hydroxyl groups is 2. The van der Waals surface area contributed by atoms with Crippen LogP contribution in [0.4, 0.5) is 170 Å². The summed E-state index contributed by atoms with van der Waals surface area (Å²) < 4.78 is 272. The predicted octanol–water partition coefficient (Wildman–Crippen LogP) is 21.6. The number of likely N-dealkylation sites (N-methyl/N-ethyl adjacent to an activating group) is 1. The van der Waals surface area contributed by atoms with Crippen LogP contribution in [0, 0.1) is 6.92 Å². The highest BCUT2D eigenvalue weighted by Gasteiger charge is 2.42. The van der Waals surface area contributed by atoms with E-state index in [0.717, 1.165) is 40.1 Å². The summed E-state index contributed by atoms with van der Waals surface area (Å²) in [7, 11) is -7.19. The maximum absolute atomic E-state index is 13.5. The van der Waals surface area contributed by atoms with Gasteiger partial charge in [-0.15, -0.1) is 0 Å². The number of alkyl halides is 15. The van der Waals surface area contributed by atoms with Crippen molar-refractivity contribution in [1.29, 1.82) is 0 Å². The average molecular weight is 2170 g/mol. The number of nitrogens with one attached hydrogen (secondary N) is 9. The van der Waals surface area contributed by atoms with Gasteiger partial charge in [0.1, 0.15) is 92.6 Å². The normalized spacial score (nSPS) is 12.9. The molecule has 148 heavy (non-hydrogen) atoms. The van der Waals surface area contributed by atoms with Crippen LogP contribution in [0.2, 0.25) is 0 Å². The van der Waals surface area contributed by atoms with E-state index in [1.165, 1.54) is 20.3 Å². The van der Waals surface area contributed by atoms with Crippen molar-refractivity contribution in [3.8, 4) is 11.5 Å². The lowest BCUT2D eigenvalue weighted by Gasteiger charge is -2.34. The van der Waals surface area contributed by atoms with Gasteiger partial charge in [0.25, 0.3) is 0 Å². The standard InChI is InChI=1S/C21H22F3N4O3P.C20H24F3N6OP.C20H20F3N4OP.C18H23F3N5OP.C17H22F3N4O3P/c1-30-17-10-7-14(11-18(17)31-2)26-19-16(21(22,23)24)12-25-20(28-19)27-13-5-8-15(9-6-13)32(3,4)29;1-19(2,3)15-10-16(29-28-15)26-17-14(20(21,22)23)11-24-18(27-17)25-12-6-8-13(9-7-12)31(4,5)30;1-13-5-4-6-15(11-13)25-18-17(20(21,22)23)12-24-19(27-18)26-14-7-9-16(10-8-14)29(2,3)28;1-25-8-10-26(11-9-25)16-15(18(19,20)21)12-22-17(24-16)23-13-4-6-14(7-5-13)28(2,3)27;1-28(2,27)13-5-3-12(4-6-13)22-16-21-11-14(17(18,19)20)15(23-16)24(7-9-25)8-10-26/h5-12H,1-4H3,(H2,25,26,27,28);6-11H,1-5H3,(H3,24,25,26,27,28,29);4-12H,1-3H3,(H2,24,25,26,27);4-7,12H,8-11H2,1-3H3,(H,22,23,24);3-6,11,25-26H,7-10H2,1-2H3,(H,21,22,23). The van der Waals surface area contributed by atoms with Gasteiger partial charge in [-0.3, -0.25) is 5.10 Å². The first kappa shape index (κ1) is 117. The van der Waals surface area contributed by atoms with Gasteiger partial charge in [0.05, 0.1) is 27.4 Å². The second-order valence-corrected chi connectivity index (χ2v) is 52.4. The molecule has 7 aromatic carbocycles. The molecule has 794 valence electrons. The maximum atomic E-state index is 13.5. The Bertz CT molecular complexity index is 6940. The maximum Gasteiger partial charge on any atom is 0.421 e. The summed E-state index contributed by atoms with van der Waals surface area (Å²) in [4.78, 5) is 44.0. The Kier molecular flexibility index (Phi) is 38.1. The van der Waals surface area contributed by atoms with Crippen molar-refractivity contribution in [3.63, 3.8) is 0 Å². The van der Waals surface area contributed by atoms with Crippen LogP contribution in [-0.4, -0.2) is 216 Å². The zero-order valence-corrected chi connectivity index (χ0v) is 87.6. The predicted molar refractivity (Wildman–Crippen MR) is 553 cm³/mol. The van der Waals surface area contributed by atoms with Crippen molar-refractivity contribution in [3.05, 3.63) is 240 Å². The quantitative estimate of drug-likeness (QED) is 0.0153. The van der Waals surface area contributed by atoms with Gasteiger partial charge in [0.15, 0.2) is 17.3 Å². The van der Waals surface area contributed by atoms with Crippen LogP contribution in [-0.2, 0) is 59.1 Å². The molecule has 14 rings (SSSR count). The molecule has 0 spiro atoms. The first-order chi connectivity index (χ1) is 68.9. The third-order valence-corrected chi connectivity index (χ3v) is 29.3. The monoisotopic (exact) mass is 2170 g/mol. The van der Waals surface area contributed by atoms with Gasteiger partial charge in [0.2, 0.25) is 29.7 Å². The van der Waals surface area contributed by atoms with Gasteiger partial charge in [-0.1, -0.05) is 32.9 Å². The Morgan fingerprint density at radius 2 is 0.669 bits per heavy atom. The van der Waals surface area contributed by atoms with Gasteiger partial charge in [-0.2, -0.15) is 95.9 Å². The largest absolute Gasteiger partial charge is 0.493 e. The molecule has 0 bridgehead atoms. The summed E-state index contributed by atoms with van der Waals surface area (Å²) in [6, 6.07) is 46.9. The number of methoxy groups -OCH3 is 2. The minimum absolute atomic E-state index is 0.0112. The number of aryl methyl sites for hydroxylation is 1. The number of H-pyrrole nitrogens is 1. The molecule has 0 atom stereocenters. The number of rotatable bonds is 29. The Morgan fingerprint density at radius 1 is 0.365 bits per heavy atom. The number of aromatic amines is 1. The van der Waals surface area contributed by atoms with Crippen LogP contribution in [0.15, 0.2) is 201 Å². The lowest BCUT2D eigenvalue weighted by atomic mass is 9.92. The molecule has 0 radical (unpaired) electrons. The summed E-state index contributed by atoms with van der Waals surface area (Å²) >= 11 is 0. The summed E-state index contributed by atoms with van der Waals surface area (Å²) in [6.45, 7) is 25.5. The molecule has 11 N–H and O–H groups in total. The number of benzene rings is 7. The zero-order chi connectivity index (χ0) is 109. The highest BCUT2D eigenvalue weighted by atomic mass is 31.2. The number of aromatic nitrogens is 12. The molecule has 1 saturated heterocycles. The summed E-state index contributed by atoms with van der Waals surface area (Å²) in [6.07, 6.45) is -19.5. The first-order valence-corrected chi connectivity index (χ1v) is 57.8. The molecule has 1 fully saturated rings. The van der Waals surface area contributed by atoms with E-state index in [9.17, 15) is 88.7 Å². The highest BCUT2D eigenvalue weighted by molar-refractivity contribution is 7.71. The average Bonchev–Trinajstić information content (AvgIpc) is 1.09. The number of hydrogen-bond acceptors (Lipinski definition) is 31. The minimum atomic E-state index is -4.69. The molecular weight excluding hydrogens is 2060 g/mol. The Labute approximate surface area is 843 Å². The van der Waals surface area contributed by atoms with Crippen molar-refractivity contribution in [1.82, 2.24) is 64.9 Å². The fourth-order valence-electron chi connectivity index (χ4n) is 13.5. The second kappa shape index (κ2) is 48.4. The molecule has 13 aromatic rings. The molecule has 7 heterocycles. The van der Waals surface area contributed by atoms with Crippen LogP contribution in [0.3, 0.4) is 0 Å². The van der Waals surface area contributed by atoms with E-state index in [-0.39, 0.29) is 65.7 Å². The molecule has 32 nitrogen and oxygen atoms in total. The topological polar surface area (TPSA) is 408 Å².